The Morgan fingerprint density at radius 3 is 3.07 bits per heavy atom. The van der Waals surface area contributed by atoms with Crippen LogP contribution in [0.1, 0.15) is 25.7 Å². The molecule has 1 rings (SSSR count). The highest BCUT2D eigenvalue weighted by molar-refractivity contribution is 5.72. The van der Waals surface area contributed by atoms with Crippen molar-refractivity contribution in [3.05, 3.63) is 0 Å². The zero-order valence-corrected chi connectivity index (χ0v) is 8.40. The van der Waals surface area contributed by atoms with Crippen LogP contribution in [0.4, 0.5) is 0 Å². The van der Waals surface area contributed by atoms with Crippen molar-refractivity contribution < 1.29 is 9.53 Å². The Bertz CT molecular complexity index is 248. The number of hydrogen-bond acceptors (Lipinski definition) is 4. The standard InChI is InChI=1S/C9H16N3O2/c1-14-9(13)8-4-2-3-7(5-8)6-11-12-10/h7-8,10H,2-6H2,1H3/q+1/t7-,8+/m1/s1. The summed E-state index contributed by atoms with van der Waals surface area (Å²) in [5.74, 6) is 0.305. The van der Waals surface area contributed by atoms with Crippen LogP contribution < -0.4 is 4.91 Å². The van der Waals surface area contributed by atoms with Crippen molar-refractivity contribution in [1.29, 1.82) is 5.53 Å². The quantitative estimate of drug-likeness (QED) is 0.424. The molecule has 1 N–H and O–H groups in total. The van der Waals surface area contributed by atoms with Gasteiger partial charge in [-0.15, -0.1) is 0 Å². The second-order valence-electron chi connectivity index (χ2n) is 3.68. The second-order valence-corrected chi connectivity index (χ2v) is 3.68. The third-order valence-electron chi connectivity index (χ3n) is 2.73. The van der Waals surface area contributed by atoms with Crippen LogP contribution in [0.2, 0.25) is 0 Å². The molecule has 2 atom stereocenters. The van der Waals surface area contributed by atoms with E-state index in [0.29, 0.717) is 12.5 Å². The number of esters is 1. The summed E-state index contributed by atoms with van der Waals surface area (Å²) in [4.78, 5) is 14.3. The maximum Gasteiger partial charge on any atom is 0.308 e. The van der Waals surface area contributed by atoms with Crippen LogP contribution in [0, 0.1) is 17.4 Å². The maximum atomic E-state index is 11.3. The van der Waals surface area contributed by atoms with Gasteiger partial charge in [0.15, 0.2) is 0 Å². The lowest BCUT2D eigenvalue weighted by molar-refractivity contribution is -0.147. The molecule has 78 valence electrons. The van der Waals surface area contributed by atoms with E-state index < -0.39 is 0 Å². The number of rotatable bonds is 3. The number of hydrogen-bond donors (Lipinski definition) is 1. The Balaban J connectivity index is 2.42. The molecule has 0 aliphatic heterocycles. The first-order valence-electron chi connectivity index (χ1n) is 4.89. The van der Waals surface area contributed by atoms with Gasteiger partial charge in [0.25, 0.3) is 0 Å². The molecule has 5 nitrogen and oxygen atoms in total. The molecule has 0 unspecified atom stereocenters. The minimum Gasteiger partial charge on any atom is -0.469 e. The molecule has 5 heteroatoms. The molecule has 0 heterocycles. The molecule has 1 saturated carbocycles. The van der Waals surface area contributed by atoms with E-state index in [9.17, 15) is 4.79 Å². The second kappa shape index (κ2) is 5.50. The smallest absolute Gasteiger partial charge is 0.308 e. The fourth-order valence-electron chi connectivity index (χ4n) is 1.99. The predicted octanol–water partition coefficient (Wildman–Crippen LogP) is 1.52. The number of nitrogens with one attached hydrogen (secondary N) is 1. The van der Waals surface area contributed by atoms with Crippen LogP contribution >= 0.6 is 0 Å². The molecule has 0 spiro atoms. The largest absolute Gasteiger partial charge is 0.469 e. The number of ether oxygens (including phenoxy) is 1. The Labute approximate surface area is 83.1 Å². The van der Waals surface area contributed by atoms with E-state index in [4.69, 9.17) is 10.3 Å². The lowest BCUT2D eigenvalue weighted by atomic mass is 9.81. The summed E-state index contributed by atoms with van der Waals surface area (Å²) >= 11 is 0. The number of carbonyl (C=O) groups excluding carboxylic acids is 1. The topological polar surface area (TPSA) is 76.6 Å². The zero-order valence-electron chi connectivity index (χ0n) is 8.40. The molecule has 0 radical (unpaired) electrons. The van der Waals surface area contributed by atoms with Gasteiger partial charge >= 0.3 is 5.97 Å². The van der Waals surface area contributed by atoms with Crippen molar-refractivity contribution in [3.63, 3.8) is 0 Å². The van der Waals surface area contributed by atoms with Gasteiger partial charge in [-0.25, -0.2) is 0 Å². The normalized spacial score (nSPS) is 26.4. The molecule has 0 aromatic rings. The molecule has 0 aromatic heterocycles. The molecule has 0 bridgehead atoms. The fraction of sp³-hybridized carbons (Fsp3) is 0.889. The third-order valence-corrected chi connectivity index (χ3v) is 2.73. The minimum absolute atomic E-state index is 0.0275. The summed E-state index contributed by atoms with van der Waals surface area (Å²) in [5, 5.41) is 3.65. The van der Waals surface area contributed by atoms with E-state index in [1.807, 2.05) is 0 Å². The number of nitrogens with zero attached hydrogens (tertiary/aromatic N) is 2. The van der Waals surface area contributed by atoms with Crippen LogP contribution in [0.15, 0.2) is 5.11 Å². The Morgan fingerprint density at radius 1 is 1.64 bits per heavy atom. The van der Waals surface area contributed by atoms with Gasteiger partial charge in [0, 0.05) is 0 Å². The summed E-state index contributed by atoms with van der Waals surface area (Å²) in [5.41, 5.74) is 6.56. The molecule has 0 aromatic carbocycles. The summed E-state index contributed by atoms with van der Waals surface area (Å²) in [6.45, 7) is 0.566. The summed E-state index contributed by atoms with van der Waals surface area (Å²) in [7, 11) is 1.43. The van der Waals surface area contributed by atoms with Crippen molar-refractivity contribution >= 4 is 5.97 Å². The van der Waals surface area contributed by atoms with E-state index in [1.165, 1.54) is 7.11 Å². The first-order valence-corrected chi connectivity index (χ1v) is 4.89. The molecule has 0 saturated heterocycles. The molecule has 1 aliphatic rings. The van der Waals surface area contributed by atoms with Gasteiger partial charge in [-0.2, -0.15) is 0 Å². The van der Waals surface area contributed by atoms with Gasteiger partial charge in [0.2, 0.25) is 4.91 Å². The molecular formula is C9H16N3O2+. The number of methoxy groups -OCH3 is 1. The number of carbonyl (C=O) groups is 1. The van der Waals surface area contributed by atoms with Crippen molar-refractivity contribution in [2.75, 3.05) is 13.7 Å². The van der Waals surface area contributed by atoms with Gasteiger partial charge in [-0.1, -0.05) is 6.42 Å². The van der Waals surface area contributed by atoms with Crippen molar-refractivity contribution in [2.45, 2.75) is 25.7 Å². The van der Waals surface area contributed by atoms with E-state index in [0.717, 1.165) is 25.7 Å². The molecule has 14 heavy (non-hydrogen) atoms. The molecule has 1 fully saturated rings. The van der Waals surface area contributed by atoms with Crippen LogP contribution in [0.25, 0.3) is 0 Å². The lowest BCUT2D eigenvalue weighted by Crippen LogP contribution is -2.25. The summed E-state index contributed by atoms with van der Waals surface area (Å²) < 4.78 is 4.71. The van der Waals surface area contributed by atoms with Crippen molar-refractivity contribution in [2.24, 2.45) is 17.0 Å². The Kier molecular flexibility index (Phi) is 4.26. The van der Waals surface area contributed by atoms with Gasteiger partial charge in [-0.05, 0) is 25.2 Å². The maximum absolute atomic E-state index is 11.3. The summed E-state index contributed by atoms with van der Waals surface area (Å²) in [6.07, 6.45) is 3.86. The predicted molar refractivity (Wildman–Crippen MR) is 49.6 cm³/mol. The zero-order chi connectivity index (χ0) is 10.4. The minimum atomic E-state index is -0.113. The van der Waals surface area contributed by atoms with Crippen LogP contribution in [0.3, 0.4) is 0 Å². The highest BCUT2D eigenvalue weighted by atomic mass is 16.5. The van der Waals surface area contributed by atoms with E-state index in [-0.39, 0.29) is 11.9 Å². The van der Waals surface area contributed by atoms with Crippen molar-refractivity contribution in [1.82, 2.24) is 4.91 Å². The van der Waals surface area contributed by atoms with Crippen molar-refractivity contribution in [3.8, 4) is 0 Å². The SMILES string of the molecule is COC(=O)[C@H]1CCC[C@@H](CN=[N+]=N)C1. The first-order chi connectivity index (χ1) is 6.77. The highest BCUT2D eigenvalue weighted by Gasteiger charge is 2.28. The lowest BCUT2D eigenvalue weighted by Gasteiger charge is -2.24. The van der Waals surface area contributed by atoms with Gasteiger partial charge in [0.05, 0.1) is 13.0 Å². The Hall–Kier alpha value is -1.22. The van der Waals surface area contributed by atoms with Crippen LogP contribution in [-0.4, -0.2) is 19.6 Å². The third kappa shape index (κ3) is 2.92. The Morgan fingerprint density at radius 2 is 2.43 bits per heavy atom. The van der Waals surface area contributed by atoms with Crippen LogP contribution in [-0.2, 0) is 9.53 Å². The first kappa shape index (κ1) is 10.9. The molecule has 1 aliphatic carbocycles. The van der Waals surface area contributed by atoms with E-state index in [1.54, 1.807) is 0 Å². The average molecular weight is 198 g/mol. The van der Waals surface area contributed by atoms with Crippen LogP contribution in [0.5, 0.6) is 0 Å². The average Bonchev–Trinajstić information content (AvgIpc) is 2.25. The van der Waals surface area contributed by atoms with Gasteiger partial charge in [0.1, 0.15) is 17.2 Å². The summed E-state index contributed by atoms with van der Waals surface area (Å²) in [6, 6.07) is 0. The molecular weight excluding hydrogens is 182 g/mol. The highest BCUT2D eigenvalue weighted by Crippen LogP contribution is 2.29. The van der Waals surface area contributed by atoms with Gasteiger partial charge in [-0.3, -0.25) is 4.79 Å². The van der Waals surface area contributed by atoms with E-state index >= 15 is 0 Å². The molecule has 0 amide bonds. The van der Waals surface area contributed by atoms with E-state index in [2.05, 4.69) is 10.0 Å². The van der Waals surface area contributed by atoms with Gasteiger partial charge < -0.3 is 4.74 Å². The fourth-order valence-corrected chi connectivity index (χ4v) is 1.99. The monoisotopic (exact) mass is 198 g/mol.